The van der Waals surface area contributed by atoms with E-state index in [2.05, 4.69) is 24.5 Å². The Balaban J connectivity index is 2.25. The third kappa shape index (κ3) is 4.53. The molecule has 1 aliphatic rings. The molecule has 0 aliphatic carbocycles. The number of rotatable bonds is 7. The van der Waals surface area contributed by atoms with Crippen LogP contribution in [0, 0.1) is 5.92 Å². The first-order chi connectivity index (χ1) is 12.0. The van der Waals surface area contributed by atoms with Gasteiger partial charge < -0.3 is 20.1 Å². The van der Waals surface area contributed by atoms with E-state index in [0.717, 1.165) is 18.4 Å². The van der Waals surface area contributed by atoms with E-state index in [-0.39, 0.29) is 6.03 Å². The molecule has 136 valence electrons. The minimum absolute atomic E-state index is 0.338. The highest BCUT2D eigenvalue weighted by Crippen LogP contribution is 2.29. The number of urea groups is 1. The average Bonchev–Trinajstić information content (AvgIpc) is 2.61. The number of methoxy groups -OCH3 is 1. The summed E-state index contributed by atoms with van der Waals surface area (Å²) in [6, 6.07) is 6.37. The molecule has 6 nitrogen and oxygen atoms in total. The average molecular weight is 346 g/mol. The predicted octanol–water partition coefficient (Wildman–Crippen LogP) is 3.30. The molecule has 0 aromatic heterocycles. The number of ether oxygens (including phenoxy) is 2. The van der Waals surface area contributed by atoms with E-state index in [0.29, 0.717) is 29.5 Å². The van der Waals surface area contributed by atoms with E-state index in [1.54, 1.807) is 26.2 Å². The number of hydrogen-bond donors (Lipinski definition) is 2. The predicted molar refractivity (Wildman–Crippen MR) is 95.1 cm³/mol. The third-order valence-electron chi connectivity index (χ3n) is 4.54. The Morgan fingerprint density at radius 2 is 1.84 bits per heavy atom. The zero-order valence-corrected chi connectivity index (χ0v) is 15.2. The van der Waals surface area contributed by atoms with Crippen molar-refractivity contribution < 1.29 is 19.1 Å². The van der Waals surface area contributed by atoms with Crippen LogP contribution in [0.25, 0.3) is 0 Å². The van der Waals surface area contributed by atoms with Crippen LogP contribution >= 0.6 is 0 Å². The molecule has 1 aliphatic heterocycles. The SMILES string of the molecule is CCC(CC)COC(=O)C1=C(C)NC(=O)N[C@H]1c1ccc(OC)cc1. The van der Waals surface area contributed by atoms with Gasteiger partial charge in [-0.1, -0.05) is 38.8 Å². The van der Waals surface area contributed by atoms with Gasteiger partial charge in [0.1, 0.15) is 5.75 Å². The number of carbonyl (C=O) groups is 2. The first kappa shape index (κ1) is 18.8. The van der Waals surface area contributed by atoms with E-state index >= 15 is 0 Å². The van der Waals surface area contributed by atoms with Gasteiger partial charge >= 0.3 is 12.0 Å². The fraction of sp³-hybridized carbons (Fsp3) is 0.474. The molecule has 0 fully saturated rings. The zero-order valence-electron chi connectivity index (χ0n) is 15.2. The molecule has 2 rings (SSSR count). The highest BCUT2D eigenvalue weighted by atomic mass is 16.5. The molecule has 25 heavy (non-hydrogen) atoms. The molecule has 0 saturated heterocycles. The quantitative estimate of drug-likeness (QED) is 0.743. The van der Waals surface area contributed by atoms with Crippen molar-refractivity contribution in [2.45, 2.75) is 39.7 Å². The van der Waals surface area contributed by atoms with Crippen LogP contribution in [-0.4, -0.2) is 25.7 Å². The first-order valence-electron chi connectivity index (χ1n) is 8.59. The van der Waals surface area contributed by atoms with Gasteiger partial charge in [0.25, 0.3) is 0 Å². The fourth-order valence-electron chi connectivity index (χ4n) is 2.81. The largest absolute Gasteiger partial charge is 0.497 e. The molecular formula is C19H26N2O4. The van der Waals surface area contributed by atoms with Crippen LogP contribution in [0.3, 0.4) is 0 Å². The van der Waals surface area contributed by atoms with Crippen molar-refractivity contribution in [1.82, 2.24) is 10.6 Å². The first-order valence-corrected chi connectivity index (χ1v) is 8.59. The Morgan fingerprint density at radius 1 is 1.20 bits per heavy atom. The molecule has 1 aromatic rings. The second-order valence-electron chi connectivity index (χ2n) is 6.12. The lowest BCUT2D eigenvalue weighted by molar-refractivity contribution is -0.141. The number of hydrogen-bond acceptors (Lipinski definition) is 4. The van der Waals surface area contributed by atoms with Crippen LogP contribution in [0.1, 0.15) is 45.2 Å². The molecule has 1 heterocycles. The van der Waals surface area contributed by atoms with Crippen LogP contribution in [0.4, 0.5) is 4.79 Å². The molecular weight excluding hydrogens is 320 g/mol. The summed E-state index contributed by atoms with van der Waals surface area (Å²) >= 11 is 0. The number of carbonyl (C=O) groups excluding carboxylic acids is 2. The molecule has 0 saturated carbocycles. The van der Waals surface area contributed by atoms with Gasteiger partial charge in [-0.05, 0) is 30.5 Å². The van der Waals surface area contributed by atoms with Crippen molar-refractivity contribution in [3.8, 4) is 5.75 Å². The number of amides is 2. The van der Waals surface area contributed by atoms with E-state index in [9.17, 15) is 9.59 Å². The monoisotopic (exact) mass is 346 g/mol. The van der Waals surface area contributed by atoms with Gasteiger partial charge in [-0.2, -0.15) is 0 Å². The summed E-state index contributed by atoms with van der Waals surface area (Å²) < 4.78 is 10.7. The van der Waals surface area contributed by atoms with Gasteiger partial charge in [0.05, 0.1) is 25.3 Å². The minimum Gasteiger partial charge on any atom is -0.497 e. The van der Waals surface area contributed by atoms with Gasteiger partial charge in [0.15, 0.2) is 0 Å². The third-order valence-corrected chi connectivity index (χ3v) is 4.54. The topological polar surface area (TPSA) is 76.7 Å². The lowest BCUT2D eigenvalue weighted by Crippen LogP contribution is -2.45. The number of allylic oxidation sites excluding steroid dienone is 1. The molecule has 1 aromatic carbocycles. The van der Waals surface area contributed by atoms with Crippen molar-refractivity contribution in [2.75, 3.05) is 13.7 Å². The Labute approximate surface area is 148 Å². The van der Waals surface area contributed by atoms with Gasteiger partial charge in [-0.15, -0.1) is 0 Å². The van der Waals surface area contributed by atoms with Gasteiger partial charge in [-0.3, -0.25) is 0 Å². The van der Waals surface area contributed by atoms with Crippen molar-refractivity contribution >= 4 is 12.0 Å². The van der Waals surface area contributed by atoms with E-state index < -0.39 is 12.0 Å². The van der Waals surface area contributed by atoms with Crippen LogP contribution < -0.4 is 15.4 Å². The summed E-state index contributed by atoms with van der Waals surface area (Å²) in [5, 5.41) is 5.45. The van der Waals surface area contributed by atoms with Crippen LogP contribution in [0.15, 0.2) is 35.5 Å². The van der Waals surface area contributed by atoms with Crippen LogP contribution in [0.5, 0.6) is 5.75 Å². The summed E-state index contributed by atoms with van der Waals surface area (Å²) in [7, 11) is 1.59. The molecule has 6 heteroatoms. The minimum atomic E-state index is -0.547. The second kappa shape index (κ2) is 8.55. The summed E-state index contributed by atoms with van der Waals surface area (Å²) in [6.07, 6.45) is 1.91. The van der Waals surface area contributed by atoms with Gasteiger partial charge in [0.2, 0.25) is 0 Å². The Morgan fingerprint density at radius 3 is 2.40 bits per heavy atom. The normalized spacial score (nSPS) is 17.2. The van der Waals surface area contributed by atoms with Gasteiger partial charge in [-0.25, -0.2) is 9.59 Å². The maximum absolute atomic E-state index is 12.7. The van der Waals surface area contributed by atoms with Crippen molar-refractivity contribution in [3.05, 3.63) is 41.1 Å². The van der Waals surface area contributed by atoms with Crippen LogP contribution in [0.2, 0.25) is 0 Å². The summed E-state index contributed by atoms with van der Waals surface area (Å²) in [6.45, 7) is 6.25. The van der Waals surface area contributed by atoms with Crippen molar-refractivity contribution in [3.63, 3.8) is 0 Å². The Hall–Kier alpha value is -2.50. The van der Waals surface area contributed by atoms with E-state index in [1.165, 1.54) is 0 Å². The molecule has 0 radical (unpaired) electrons. The van der Waals surface area contributed by atoms with E-state index in [1.807, 2.05) is 12.1 Å². The molecule has 0 bridgehead atoms. The van der Waals surface area contributed by atoms with Crippen molar-refractivity contribution in [2.24, 2.45) is 5.92 Å². The molecule has 2 N–H and O–H groups in total. The maximum Gasteiger partial charge on any atom is 0.338 e. The maximum atomic E-state index is 12.7. The summed E-state index contributed by atoms with van der Waals surface area (Å²) in [4.78, 5) is 24.5. The zero-order chi connectivity index (χ0) is 18.4. The fourth-order valence-corrected chi connectivity index (χ4v) is 2.81. The second-order valence-corrected chi connectivity index (χ2v) is 6.12. The summed E-state index contributed by atoms with van der Waals surface area (Å²) in [5.74, 6) is 0.649. The molecule has 0 unspecified atom stereocenters. The lowest BCUT2D eigenvalue weighted by Gasteiger charge is -2.28. The Kier molecular flexibility index (Phi) is 6.44. The highest BCUT2D eigenvalue weighted by Gasteiger charge is 2.32. The molecule has 0 spiro atoms. The molecule has 2 amide bonds. The summed E-state index contributed by atoms with van der Waals surface area (Å²) in [5.41, 5.74) is 1.74. The lowest BCUT2D eigenvalue weighted by atomic mass is 9.95. The number of esters is 1. The van der Waals surface area contributed by atoms with Crippen molar-refractivity contribution in [1.29, 1.82) is 0 Å². The number of nitrogens with one attached hydrogen (secondary N) is 2. The molecule has 1 atom stereocenters. The van der Waals surface area contributed by atoms with Crippen LogP contribution in [-0.2, 0) is 9.53 Å². The van der Waals surface area contributed by atoms with E-state index in [4.69, 9.17) is 9.47 Å². The standard InChI is InChI=1S/C19H26N2O4/c1-5-13(6-2)11-25-18(22)16-12(3)20-19(23)21-17(16)14-7-9-15(24-4)10-8-14/h7-10,13,17H,5-6,11H2,1-4H3,(H2,20,21,23)/t17-/m0/s1. The Bertz CT molecular complexity index is 648. The van der Waals surface area contributed by atoms with Gasteiger partial charge in [0, 0.05) is 5.70 Å². The number of benzene rings is 1. The smallest absolute Gasteiger partial charge is 0.338 e. The highest BCUT2D eigenvalue weighted by molar-refractivity contribution is 5.95.